The molecule has 0 aromatic carbocycles. The van der Waals surface area contributed by atoms with E-state index in [1.54, 1.807) is 25.4 Å². The maximum atomic E-state index is 11.9. The third-order valence-corrected chi connectivity index (χ3v) is 3.30. The zero-order valence-corrected chi connectivity index (χ0v) is 10.2. The highest BCUT2D eigenvalue weighted by molar-refractivity contribution is 5.94. The quantitative estimate of drug-likeness (QED) is 0.836. The van der Waals surface area contributed by atoms with Crippen molar-refractivity contribution in [3.8, 4) is 0 Å². The van der Waals surface area contributed by atoms with Crippen molar-refractivity contribution in [2.45, 2.75) is 25.7 Å². The maximum Gasteiger partial charge on any atom is 0.251 e. The van der Waals surface area contributed by atoms with E-state index in [2.05, 4.69) is 15.6 Å². The van der Waals surface area contributed by atoms with Gasteiger partial charge in [0.2, 0.25) is 0 Å². The van der Waals surface area contributed by atoms with Crippen molar-refractivity contribution in [1.29, 1.82) is 0 Å². The lowest BCUT2D eigenvalue weighted by molar-refractivity contribution is 0.0947. The van der Waals surface area contributed by atoms with Crippen LogP contribution < -0.4 is 10.6 Å². The van der Waals surface area contributed by atoms with Crippen LogP contribution in [0.4, 0.5) is 5.82 Å². The highest BCUT2D eigenvalue weighted by atomic mass is 16.1. The predicted molar refractivity (Wildman–Crippen MR) is 68.1 cm³/mol. The van der Waals surface area contributed by atoms with Crippen LogP contribution in [0.1, 0.15) is 36.0 Å². The molecule has 2 N–H and O–H groups in total. The molecule has 1 aliphatic rings. The molecule has 1 heterocycles. The molecular weight excluding hydrogens is 214 g/mol. The first-order chi connectivity index (χ1) is 8.29. The third kappa shape index (κ3) is 3.19. The van der Waals surface area contributed by atoms with E-state index in [0.717, 1.165) is 12.4 Å². The minimum Gasteiger partial charge on any atom is -0.373 e. The molecule has 2 rings (SSSR count). The lowest BCUT2D eigenvalue weighted by Crippen LogP contribution is -2.28. The molecule has 1 aromatic rings. The fourth-order valence-corrected chi connectivity index (χ4v) is 2.26. The number of nitrogens with one attached hydrogen (secondary N) is 2. The largest absolute Gasteiger partial charge is 0.373 e. The molecule has 0 bridgehead atoms. The Hall–Kier alpha value is -1.58. The van der Waals surface area contributed by atoms with Crippen LogP contribution in [0.15, 0.2) is 18.3 Å². The second-order valence-corrected chi connectivity index (χ2v) is 4.54. The molecule has 1 amide bonds. The molecule has 4 heteroatoms. The van der Waals surface area contributed by atoms with Crippen molar-refractivity contribution < 1.29 is 4.79 Å². The van der Waals surface area contributed by atoms with Gasteiger partial charge in [0.05, 0.1) is 0 Å². The van der Waals surface area contributed by atoms with E-state index >= 15 is 0 Å². The van der Waals surface area contributed by atoms with Crippen LogP contribution in [-0.4, -0.2) is 24.5 Å². The highest BCUT2D eigenvalue weighted by Crippen LogP contribution is 2.23. The van der Waals surface area contributed by atoms with Crippen molar-refractivity contribution in [3.05, 3.63) is 23.9 Å². The summed E-state index contributed by atoms with van der Waals surface area (Å²) in [6, 6.07) is 3.51. The molecule has 0 aliphatic heterocycles. The van der Waals surface area contributed by atoms with Gasteiger partial charge in [-0.3, -0.25) is 4.79 Å². The van der Waals surface area contributed by atoms with Gasteiger partial charge < -0.3 is 10.6 Å². The molecule has 0 saturated heterocycles. The van der Waals surface area contributed by atoms with Crippen LogP contribution in [0.3, 0.4) is 0 Å². The number of nitrogens with zero attached hydrogens (tertiary/aromatic N) is 1. The molecule has 4 nitrogen and oxygen atoms in total. The molecule has 17 heavy (non-hydrogen) atoms. The van der Waals surface area contributed by atoms with Crippen molar-refractivity contribution in [3.63, 3.8) is 0 Å². The molecule has 1 saturated carbocycles. The van der Waals surface area contributed by atoms with Crippen LogP contribution in [0.2, 0.25) is 0 Å². The van der Waals surface area contributed by atoms with E-state index < -0.39 is 0 Å². The minimum atomic E-state index is -0.00389. The van der Waals surface area contributed by atoms with Crippen LogP contribution in [0.5, 0.6) is 0 Å². The van der Waals surface area contributed by atoms with Gasteiger partial charge in [0.25, 0.3) is 5.91 Å². The molecule has 0 radical (unpaired) electrons. The molecule has 1 aromatic heterocycles. The monoisotopic (exact) mass is 233 g/mol. The zero-order valence-electron chi connectivity index (χ0n) is 10.2. The van der Waals surface area contributed by atoms with Crippen LogP contribution in [0.25, 0.3) is 0 Å². The Morgan fingerprint density at radius 2 is 2.24 bits per heavy atom. The number of hydrogen-bond acceptors (Lipinski definition) is 3. The molecule has 0 atom stereocenters. The maximum absolute atomic E-state index is 11.9. The second kappa shape index (κ2) is 5.66. The van der Waals surface area contributed by atoms with Gasteiger partial charge in [0.1, 0.15) is 5.82 Å². The fourth-order valence-electron chi connectivity index (χ4n) is 2.26. The Balaban J connectivity index is 1.89. The number of amides is 1. The summed E-state index contributed by atoms with van der Waals surface area (Å²) in [7, 11) is 1.79. The molecule has 1 fully saturated rings. The van der Waals surface area contributed by atoms with E-state index in [1.807, 2.05) is 0 Å². The summed E-state index contributed by atoms with van der Waals surface area (Å²) in [6.07, 6.45) is 6.76. The normalized spacial score (nSPS) is 15.8. The Morgan fingerprint density at radius 1 is 1.47 bits per heavy atom. The number of aromatic nitrogens is 1. The Kier molecular flexibility index (Phi) is 3.96. The number of anilines is 1. The van der Waals surface area contributed by atoms with Gasteiger partial charge in [0, 0.05) is 25.4 Å². The fraction of sp³-hybridized carbons (Fsp3) is 0.538. The predicted octanol–water partition coefficient (Wildman–Crippen LogP) is 2.04. The number of rotatable bonds is 4. The molecule has 1 aliphatic carbocycles. The van der Waals surface area contributed by atoms with Crippen molar-refractivity contribution in [2.24, 2.45) is 5.92 Å². The van der Waals surface area contributed by atoms with Gasteiger partial charge in [-0.1, -0.05) is 12.8 Å². The number of carbonyl (C=O) groups excluding carboxylic acids is 1. The van der Waals surface area contributed by atoms with E-state index in [1.165, 1.54) is 25.7 Å². The van der Waals surface area contributed by atoms with Gasteiger partial charge in [-0.15, -0.1) is 0 Å². The first-order valence-corrected chi connectivity index (χ1v) is 6.21. The molecule has 92 valence electrons. The van der Waals surface area contributed by atoms with Gasteiger partial charge in [-0.05, 0) is 30.9 Å². The van der Waals surface area contributed by atoms with Gasteiger partial charge in [-0.25, -0.2) is 4.98 Å². The Morgan fingerprint density at radius 3 is 2.94 bits per heavy atom. The summed E-state index contributed by atoms with van der Waals surface area (Å²) in [5.74, 6) is 1.39. The molecule has 0 spiro atoms. The minimum absolute atomic E-state index is 0.00389. The summed E-state index contributed by atoms with van der Waals surface area (Å²) < 4.78 is 0. The Labute approximate surface area is 102 Å². The zero-order chi connectivity index (χ0) is 12.1. The number of carbonyl (C=O) groups is 1. The van der Waals surface area contributed by atoms with Crippen LogP contribution in [-0.2, 0) is 0 Å². The van der Waals surface area contributed by atoms with Gasteiger partial charge >= 0.3 is 0 Å². The van der Waals surface area contributed by atoms with E-state index in [9.17, 15) is 4.79 Å². The molecular formula is C13H19N3O. The lowest BCUT2D eigenvalue weighted by Gasteiger charge is -2.10. The average Bonchev–Trinajstić information content (AvgIpc) is 2.89. The molecule has 0 unspecified atom stereocenters. The van der Waals surface area contributed by atoms with Gasteiger partial charge in [0.15, 0.2) is 0 Å². The third-order valence-electron chi connectivity index (χ3n) is 3.30. The second-order valence-electron chi connectivity index (χ2n) is 4.54. The average molecular weight is 233 g/mol. The number of pyridine rings is 1. The SMILES string of the molecule is CNc1cc(C(=O)NCC2CCCC2)ccn1. The first-order valence-electron chi connectivity index (χ1n) is 6.21. The van der Waals surface area contributed by atoms with Crippen molar-refractivity contribution >= 4 is 11.7 Å². The van der Waals surface area contributed by atoms with Gasteiger partial charge in [-0.2, -0.15) is 0 Å². The number of hydrogen-bond donors (Lipinski definition) is 2. The first kappa shape index (κ1) is 11.9. The summed E-state index contributed by atoms with van der Waals surface area (Å²) in [5, 5.41) is 5.93. The summed E-state index contributed by atoms with van der Waals surface area (Å²) in [5.41, 5.74) is 0.669. The lowest BCUT2D eigenvalue weighted by atomic mass is 10.1. The van der Waals surface area contributed by atoms with Crippen molar-refractivity contribution in [1.82, 2.24) is 10.3 Å². The van der Waals surface area contributed by atoms with Crippen LogP contribution >= 0.6 is 0 Å². The summed E-state index contributed by atoms with van der Waals surface area (Å²) >= 11 is 0. The standard InChI is InChI=1S/C13H19N3O/c1-14-12-8-11(6-7-15-12)13(17)16-9-10-4-2-3-5-10/h6-8,10H,2-5,9H2,1H3,(H,14,15)(H,16,17). The van der Waals surface area contributed by atoms with E-state index in [4.69, 9.17) is 0 Å². The van der Waals surface area contributed by atoms with E-state index in [-0.39, 0.29) is 5.91 Å². The Bertz CT molecular complexity index is 386. The van der Waals surface area contributed by atoms with Crippen LogP contribution in [0, 0.1) is 5.92 Å². The summed E-state index contributed by atoms with van der Waals surface area (Å²) in [6.45, 7) is 0.802. The summed E-state index contributed by atoms with van der Waals surface area (Å²) in [4.78, 5) is 16.0. The smallest absolute Gasteiger partial charge is 0.251 e. The van der Waals surface area contributed by atoms with Crippen molar-refractivity contribution in [2.75, 3.05) is 18.9 Å². The highest BCUT2D eigenvalue weighted by Gasteiger charge is 2.16. The topological polar surface area (TPSA) is 54.0 Å². The van der Waals surface area contributed by atoms with E-state index in [0.29, 0.717) is 11.5 Å².